The number of non-ortho nitro benzene ring substituents is 1. The van der Waals surface area contributed by atoms with Crippen LogP contribution in [0.5, 0.6) is 0 Å². The van der Waals surface area contributed by atoms with Crippen molar-refractivity contribution in [1.29, 1.82) is 0 Å². The maximum Gasteiger partial charge on any atom is 0.303 e. The van der Waals surface area contributed by atoms with Crippen LogP contribution in [-0.4, -0.2) is 21.8 Å². The van der Waals surface area contributed by atoms with Gasteiger partial charge in [0, 0.05) is 23.4 Å². The van der Waals surface area contributed by atoms with E-state index in [4.69, 9.17) is 5.11 Å². The molecular formula is C10H11NO4S. The molecule has 1 aromatic rings. The fourth-order valence-corrected chi connectivity index (χ4v) is 1.93. The van der Waals surface area contributed by atoms with Crippen LogP contribution in [0.4, 0.5) is 5.69 Å². The highest BCUT2D eigenvalue weighted by atomic mass is 32.2. The van der Waals surface area contributed by atoms with E-state index in [1.807, 2.05) is 0 Å². The molecule has 0 bridgehead atoms. The van der Waals surface area contributed by atoms with Gasteiger partial charge in [0.05, 0.1) is 4.92 Å². The van der Waals surface area contributed by atoms with Gasteiger partial charge >= 0.3 is 5.97 Å². The zero-order valence-corrected chi connectivity index (χ0v) is 9.27. The number of nitrogens with zero attached hydrogens (tertiary/aromatic N) is 1. The zero-order valence-electron chi connectivity index (χ0n) is 8.46. The van der Waals surface area contributed by atoms with Crippen molar-refractivity contribution in [2.45, 2.75) is 17.7 Å². The van der Waals surface area contributed by atoms with E-state index >= 15 is 0 Å². The minimum atomic E-state index is -0.802. The molecule has 0 aliphatic rings. The van der Waals surface area contributed by atoms with Crippen molar-refractivity contribution >= 4 is 23.4 Å². The lowest BCUT2D eigenvalue weighted by molar-refractivity contribution is -0.384. The van der Waals surface area contributed by atoms with E-state index in [9.17, 15) is 14.9 Å². The van der Waals surface area contributed by atoms with Crippen LogP contribution in [0.15, 0.2) is 29.2 Å². The predicted molar refractivity (Wildman–Crippen MR) is 60.7 cm³/mol. The van der Waals surface area contributed by atoms with Gasteiger partial charge < -0.3 is 5.11 Å². The van der Waals surface area contributed by atoms with Crippen LogP contribution in [0.25, 0.3) is 0 Å². The van der Waals surface area contributed by atoms with Gasteiger partial charge in [0.25, 0.3) is 5.69 Å². The van der Waals surface area contributed by atoms with Gasteiger partial charge in [-0.1, -0.05) is 0 Å². The zero-order chi connectivity index (χ0) is 12.0. The largest absolute Gasteiger partial charge is 0.481 e. The van der Waals surface area contributed by atoms with E-state index in [1.54, 1.807) is 12.1 Å². The average Bonchev–Trinajstić information content (AvgIpc) is 2.25. The number of aliphatic carboxylic acids is 1. The minimum Gasteiger partial charge on any atom is -0.481 e. The van der Waals surface area contributed by atoms with Gasteiger partial charge in [-0.25, -0.2) is 0 Å². The second-order valence-electron chi connectivity index (χ2n) is 3.10. The predicted octanol–water partition coefficient (Wildman–Crippen LogP) is 2.55. The molecule has 1 rings (SSSR count). The minimum absolute atomic E-state index is 0.0647. The van der Waals surface area contributed by atoms with Crippen LogP contribution in [0.3, 0.4) is 0 Å². The van der Waals surface area contributed by atoms with E-state index in [-0.39, 0.29) is 12.1 Å². The number of rotatable bonds is 6. The molecule has 1 aromatic carbocycles. The summed E-state index contributed by atoms with van der Waals surface area (Å²) in [6.45, 7) is 0. The monoisotopic (exact) mass is 241 g/mol. The van der Waals surface area contributed by atoms with Gasteiger partial charge in [-0.15, -0.1) is 11.8 Å². The van der Waals surface area contributed by atoms with Crippen molar-refractivity contribution in [2.24, 2.45) is 0 Å². The van der Waals surface area contributed by atoms with Crippen LogP contribution in [-0.2, 0) is 4.79 Å². The van der Waals surface area contributed by atoms with Crippen molar-refractivity contribution < 1.29 is 14.8 Å². The highest BCUT2D eigenvalue weighted by Crippen LogP contribution is 2.22. The molecule has 0 atom stereocenters. The molecule has 0 aliphatic heterocycles. The number of carbonyl (C=O) groups is 1. The topological polar surface area (TPSA) is 80.4 Å². The molecule has 0 unspecified atom stereocenters. The Morgan fingerprint density at radius 1 is 1.38 bits per heavy atom. The number of nitro groups is 1. The average molecular weight is 241 g/mol. The second-order valence-corrected chi connectivity index (χ2v) is 4.27. The molecule has 5 nitrogen and oxygen atoms in total. The molecular weight excluding hydrogens is 230 g/mol. The maximum atomic E-state index is 10.4. The highest BCUT2D eigenvalue weighted by molar-refractivity contribution is 7.99. The maximum absolute atomic E-state index is 10.4. The molecule has 0 radical (unpaired) electrons. The van der Waals surface area contributed by atoms with Gasteiger partial charge in [-0.3, -0.25) is 14.9 Å². The first-order valence-corrected chi connectivity index (χ1v) is 5.67. The third kappa shape index (κ3) is 4.31. The lowest BCUT2D eigenvalue weighted by atomic mass is 10.3. The number of hydrogen-bond donors (Lipinski definition) is 1. The SMILES string of the molecule is O=C(O)CCCSc1ccc([N+](=O)[O-])cc1. The first-order chi connectivity index (χ1) is 7.59. The van der Waals surface area contributed by atoms with Crippen molar-refractivity contribution in [1.82, 2.24) is 0 Å². The number of nitro benzene ring substituents is 1. The van der Waals surface area contributed by atoms with E-state index in [0.29, 0.717) is 12.2 Å². The van der Waals surface area contributed by atoms with Gasteiger partial charge in [0.2, 0.25) is 0 Å². The summed E-state index contributed by atoms with van der Waals surface area (Å²) in [5, 5.41) is 18.8. The molecule has 0 aliphatic carbocycles. The molecule has 0 saturated heterocycles. The standard InChI is InChI=1S/C10H11NO4S/c12-10(13)2-1-7-16-9-5-3-8(4-6-9)11(14)15/h3-6H,1-2,7H2,(H,12,13). The summed E-state index contributed by atoms with van der Waals surface area (Å²) in [6.07, 6.45) is 0.747. The molecule has 86 valence electrons. The van der Waals surface area contributed by atoms with Gasteiger partial charge in [-0.05, 0) is 24.3 Å². The Morgan fingerprint density at radius 2 is 2.00 bits per heavy atom. The molecule has 16 heavy (non-hydrogen) atoms. The summed E-state index contributed by atoms with van der Waals surface area (Å²) in [5.74, 6) is -0.103. The van der Waals surface area contributed by atoms with Gasteiger partial charge in [-0.2, -0.15) is 0 Å². The van der Waals surface area contributed by atoms with Crippen LogP contribution in [0, 0.1) is 10.1 Å². The number of benzene rings is 1. The fourth-order valence-electron chi connectivity index (χ4n) is 1.08. The first-order valence-electron chi connectivity index (χ1n) is 4.68. The Bertz CT molecular complexity index is 377. The Balaban J connectivity index is 2.38. The van der Waals surface area contributed by atoms with Gasteiger partial charge in [0.1, 0.15) is 0 Å². The lowest BCUT2D eigenvalue weighted by Crippen LogP contribution is -1.94. The van der Waals surface area contributed by atoms with Crippen LogP contribution in [0.1, 0.15) is 12.8 Å². The van der Waals surface area contributed by atoms with Gasteiger partial charge in [0.15, 0.2) is 0 Å². The summed E-state index contributed by atoms with van der Waals surface area (Å²) in [5.41, 5.74) is 0.0647. The molecule has 0 saturated carbocycles. The Labute approximate surface area is 96.6 Å². The second kappa shape index (κ2) is 6.12. The summed E-state index contributed by atoms with van der Waals surface area (Å²) >= 11 is 1.50. The summed E-state index contributed by atoms with van der Waals surface area (Å²) in [7, 11) is 0. The number of thioether (sulfide) groups is 1. The van der Waals surface area contributed by atoms with Crippen LogP contribution >= 0.6 is 11.8 Å². The molecule has 1 N–H and O–H groups in total. The number of carboxylic acids is 1. The molecule has 0 aromatic heterocycles. The Kier molecular flexibility index (Phi) is 4.78. The summed E-state index contributed by atoms with van der Waals surface area (Å²) in [6, 6.07) is 6.23. The quantitative estimate of drug-likeness (QED) is 0.358. The van der Waals surface area contributed by atoms with Crippen molar-refractivity contribution in [3.63, 3.8) is 0 Å². The number of hydrogen-bond acceptors (Lipinski definition) is 4. The van der Waals surface area contributed by atoms with E-state index in [0.717, 1.165) is 4.90 Å². The fraction of sp³-hybridized carbons (Fsp3) is 0.300. The van der Waals surface area contributed by atoms with E-state index in [1.165, 1.54) is 23.9 Å². The van der Waals surface area contributed by atoms with Crippen molar-refractivity contribution in [3.8, 4) is 0 Å². The normalized spacial score (nSPS) is 10.0. The molecule has 6 heteroatoms. The Morgan fingerprint density at radius 3 is 2.50 bits per heavy atom. The lowest BCUT2D eigenvalue weighted by Gasteiger charge is -1.99. The van der Waals surface area contributed by atoms with Crippen molar-refractivity contribution in [2.75, 3.05) is 5.75 Å². The first kappa shape index (κ1) is 12.5. The molecule has 0 fully saturated rings. The summed E-state index contributed by atoms with van der Waals surface area (Å²) < 4.78 is 0. The summed E-state index contributed by atoms with van der Waals surface area (Å²) in [4.78, 5) is 21.1. The third-order valence-electron chi connectivity index (χ3n) is 1.85. The van der Waals surface area contributed by atoms with Crippen LogP contribution < -0.4 is 0 Å². The third-order valence-corrected chi connectivity index (χ3v) is 2.95. The van der Waals surface area contributed by atoms with Crippen molar-refractivity contribution in [3.05, 3.63) is 34.4 Å². The van der Waals surface area contributed by atoms with E-state index < -0.39 is 10.9 Å². The Hall–Kier alpha value is -1.56. The van der Waals surface area contributed by atoms with Crippen LogP contribution in [0.2, 0.25) is 0 Å². The number of carboxylic acid groups (broad SMARTS) is 1. The molecule has 0 heterocycles. The smallest absolute Gasteiger partial charge is 0.303 e. The highest BCUT2D eigenvalue weighted by Gasteiger charge is 2.04. The molecule has 0 spiro atoms. The van der Waals surface area contributed by atoms with E-state index in [2.05, 4.69) is 0 Å². The molecule has 0 amide bonds.